The van der Waals surface area contributed by atoms with Gasteiger partial charge < -0.3 is 9.84 Å². The quantitative estimate of drug-likeness (QED) is 0.899. The van der Waals surface area contributed by atoms with Crippen molar-refractivity contribution < 1.29 is 19.0 Å². The molecule has 1 aliphatic heterocycles. The number of piperidine rings is 1. The number of rotatable bonds is 5. The smallest absolute Gasteiger partial charge is 0.306 e. The molecule has 2 aromatic carbocycles. The van der Waals surface area contributed by atoms with Gasteiger partial charge in [0.05, 0.1) is 19.1 Å². The standard InChI is InChI=1S/C20H22FNO3/c1-25-18-8-3-2-7-17(18)19(15-5-4-6-16(21)13-15)22-11-9-14(10-12-22)20(23)24/h2-8,13-14,19H,9-12H2,1H3,(H,23,24). The van der Waals surface area contributed by atoms with Crippen molar-refractivity contribution in [2.75, 3.05) is 20.2 Å². The van der Waals surface area contributed by atoms with Gasteiger partial charge in [-0.15, -0.1) is 0 Å². The van der Waals surface area contributed by atoms with Crippen LogP contribution >= 0.6 is 0 Å². The minimum Gasteiger partial charge on any atom is -0.496 e. The zero-order chi connectivity index (χ0) is 17.8. The number of aliphatic carboxylic acids is 1. The van der Waals surface area contributed by atoms with Crippen molar-refractivity contribution in [1.29, 1.82) is 0 Å². The molecule has 2 aromatic rings. The van der Waals surface area contributed by atoms with Gasteiger partial charge in [-0.3, -0.25) is 9.69 Å². The van der Waals surface area contributed by atoms with E-state index in [1.807, 2.05) is 30.3 Å². The largest absolute Gasteiger partial charge is 0.496 e. The van der Waals surface area contributed by atoms with Gasteiger partial charge in [-0.1, -0.05) is 30.3 Å². The van der Waals surface area contributed by atoms with Gasteiger partial charge in [0.2, 0.25) is 0 Å². The lowest BCUT2D eigenvalue weighted by Gasteiger charge is -2.37. The number of carboxylic acids is 1. The Bertz CT molecular complexity index is 741. The maximum absolute atomic E-state index is 13.8. The first kappa shape index (κ1) is 17.4. The van der Waals surface area contributed by atoms with Crippen molar-refractivity contribution in [3.05, 3.63) is 65.5 Å². The molecule has 0 amide bonds. The fourth-order valence-corrected chi connectivity index (χ4v) is 3.56. The second-order valence-electron chi connectivity index (χ2n) is 6.35. The number of benzene rings is 2. The third-order valence-corrected chi connectivity index (χ3v) is 4.84. The Morgan fingerprint density at radius 1 is 1.20 bits per heavy atom. The van der Waals surface area contributed by atoms with E-state index in [9.17, 15) is 14.3 Å². The summed E-state index contributed by atoms with van der Waals surface area (Å²) in [5, 5.41) is 9.23. The fraction of sp³-hybridized carbons (Fsp3) is 0.350. The molecule has 4 nitrogen and oxygen atoms in total. The maximum Gasteiger partial charge on any atom is 0.306 e. The van der Waals surface area contributed by atoms with Gasteiger partial charge in [-0.05, 0) is 49.7 Å². The van der Waals surface area contributed by atoms with Crippen LogP contribution in [0.25, 0.3) is 0 Å². The summed E-state index contributed by atoms with van der Waals surface area (Å²) < 4.78 is 19.3. The van der Waals surface area contributed by atoms with E-state index < -0.39 is 5.97 Å². The van der Waals surface area contributed by atoms with Gasteiger partial charge >= 0.3 is 5.97 Å². The second-order valence-corrected chi connectivity index (χ2v) is 6.35. The Labute approximate surface area is 146 Å². The zero-order valence-corrected chi connectivity index (χ0v) is 14.2. The first-order valence-corrected chi connectivity index (χ1v) is 8.45. The van der Waals surface area contributed by atoms with Crippen LogP contribution in [0.2, 0.25) is 0 Å². The number of hydrogen-bond donors (Lipinski definition) is 1. The maximum atomic E-state index is 13.8. The predicted molar refractivity (Wildman–Crippen MR) is 93.2 cm³/mol. The van der Waals surface area contributed by atoms with Crippen LogP contribution in [0.15, 0.2) is 48.5 Å². The number of ether oxygens (including phenoxy) is 1. The predicted octanol–water partition coefficient (Wildman–Crippen LogP) is 3.72. The molecule has 1 fully saturated rings. The van der Waals surface area contributed by atoms with Crippen molar-refractivity contribution in [2.24, 2.45) is 5.92 Å². The van der Waals surface area contributed by atoms with Crippen LogP contribution in [-0.4, -0.2) is 36.2 Å². The minimum atomic E-state index is -0.737. The minimum absolute atomic E-state index is 0.165. The van der Waals surface area contributed by atoms with E-state index in [0.717, 1.165) is 16.9 Å². The first-order valence-electron chi connectivity index (χ1n) is 8.45. The van der Waals surface area contributed by atoms with Crippen LogP contribution in [0, 0.1) is 11.7 Å². The topological polar surface area (TPSA) is 49.8 Å². The van der Waals surface area contributed by atoms with E-state index in [2.05, 4.69) is 4.90 Å². The summed E-state index contributed by atoms with van der Waals surface area (Å²) >= 11 is 0. The summed E-state index contributed by atoms with van der Waals surface area (Å²) in [5.41, 5.74) is 1.81. The highest BCUT2D eigenvalue weighted by Gasteiger charge is 2.31. The normalized spacial score (nSPS) is 17.2. The van der Waals surface area contributed by atoms with Crippen molar-refractivity contribution >= 4 is 5.97 Å². The summed E-state index contributed by atoms with van der Waals surface area (Å²) in [5.74, 6) is -0.573. The molecule has 25 heavy (non-hydrogen) atoms. The number of nitrogens with zero attached hydrogens (tertiary/aromatic N) is 1. The van der Waals surface area contributed by atoms with E-state index in [1.54, 1.807) is 19.2 Å². The van der Waals surface area contributed by atoms with Gasteiger partial charge in [0.25, 0.3) is 0 Å². The number of hydrogen-bond acceptors (Lipinski definition) is 3. The van der Waals surface area contributed by atoms with Crippen molar-refractivity contribution in [2.45, 2.75) is 18.9 Å². The zero-order valence-electron chi connectivity index (χ0n) is 14.2. The molecule has 0 bridgehead atoms. The van der Waals surface area contributed by atoms with Gasteiger partial charge in [-0.2, -0.15) is 0 Å². The molecular formula is C20H22FNO3. The molecule has 0 aliphatic carbocycles. The fourth-order valence-electron chi connectivity index (χ4n) is 3.56. The molecule has 1 atom stereocenters. The Balaban J connectivity index is 1.97. The molecule has 0 aromatic heterocycles. The van der Waals surface area contributed by atoms with E-state index in [4.69, 9.17) is 4.74 Å². The Morgan fingerprint density at radius 2 is 1.92 bits per heavy atom. The molecule has 3 rings (SSSR count). The lowest BCUT2D eigenvalue weighted by molar-refractivity contribution is -0.143. The molecular weight excluding hydrogens is 321 g/mol. The summed E-state index contributed by atoms with van der Waals surface area (Å²) in [6, 6.07) is 14.1. The number of para-hydroxylation sites is 1. The van der Waals surface area contributed by atoms with Crippen LogP contribution in [-0.2, 0) is 4.79 Å². The van der Waals surface area contributed by atoms with Crippen LogP contribution in [0.4, 0.5) is 4.39 Å². The first-order chi connectivity index (χ1) is 12.1. The molecule has 1 unspecified atom stereocenters. The molecule has 1 saturated heterocycles. The van der Waals surface area contributed by atoms with E-state index in [-0.39, 0.29) is 17.8 Å². The average molecular weight is 343 g/mol. The van der Waals surface area contributed by atoms with Gasteiger partial charge in [0.1, 0.15) is 11.6 Å². The number of carboxylic acid groups (broad SMARTS) is 1. The van der Waals surface area contributed by atoms with Crippen LogP contribution in [0.5, 0.6) is 5.75 Å². The molecule has 0 spiro atoms. The van der Waals surface area contributed by atoms with Gasteiger partial charge in [0, 0.05) is 5.56 Å². The van der Waals surface area contributed by atoms with E-state index in [1.165, 1.54) is 6.07 Å². The molecule has 1 N–H and O–H groups in total. The van der Waals surface area contributed by atoms with Crippen LogP contribution in [0.1, 0.15) is 30.0 Å². The van der Waals surface area contributed by atoms with Crippen LogP contribution in [0.3, 0.4) is 0 Å². The van der Waals surface area contributed by atoms with Crippen molar-refractivity contribution in [3.8, 4) is 5.75 Å². The average Bonchev–Trinajstić information content (AvgIpc) is 2.63. The summed E-state index contributed by atoms with van der Waals surface area (Å²) in [6.07, 6.45) is 1.19. The molecule has 1 heterocycles. The molecule has 1 aliphatic rings. The SMILES string of the molecule is COc1ccccc1C(c1cccc(F)c1)N1CCC(C(=O)O)CC1. The van der Waals surface area contributed by atoms with Gasteiger partial charge in [-0.25, -0.2) is 4.39 Å². The number of carbonyl (C=O) groups is 1. The number of methoxy groups -OCH3 is 1. The highest BCUT2D eigenvalue weighted by atomic mass is 19.1. The second kappa shape index (κ2) is 7.66. The lowest BCUT2D eigenvalue weighted by Crippen LogP contribution is -2.39. The number of likely N-dealkylation sites (tertiary alicyclic amines) is 1. The van der Waals surface area contributed by atoms with Crippen LogP contribution < -0.4 is 4.74 Å². The Morgan fingerprint density at radius 3 is 2.56 bits per heavy atom. The molecule has 0 radical (unpaired) electrons. The molecule has 5 heteroatoms. The summed E-state index contributed by atoms with van der Waals surface area (Å²) in [4.78, 5) is 13.4. The summed E-state index contributed by atoms with van der Waals surface area (Å²) in [7, 11) is 1.62. The third kappa shape index (κ3) is 3.82. The summed E-state index contributed by atoms with van der Waals surface area (Å²) in [6.45, 7) is 1.30. The van der Waals surface area contributed by atoms with Crippen molar-refractivity contribution in [3.63, 3.8) is 0 Å². The molecule has 132 valence electrons. The number of halogens is 1. The highest BCUT2D eigenvalue weighted by molar-refractivity contribution is 5.70. The van der Waals surface area contributed by atoms with Crippen molar-refractivity contribution in [1.82, 2.24) is 4.90 Å². The highest BCUT2D eigenvalue weighted by Crippen LogP contribution is 2.37. The van der Waals surface area contributed by atoms with E-state index in [0.29, 0.717) is 25.9 Å². The Kier molecular flexibility index (Phi) is 5.34. The van der Waals surface area contributed by atoms with E-state index >= 15 is 0 Å². The monoisotopic (exact) mass is 343 g/mol. The third-order valence-electron chi connectivity index (χ3n) is 4.84. The lowest BCUT2D eigenvalue weighted by atomic mass is 9.91. The molecule has 0 saturated carbocycles. The van der Waals surface area contributed by atoms with Gasteiger partial charge in [0.15, 0.2) is 0 Å². The Hall–Kier alpha value is -2.40.